The Morgan fingerprint density at radius 3 is 2.58 bits per heavy atom. The number of fused-ring (bicyclic) bond motifs is 1. The van der Waals surface area contributed by atoms with Crippen molar-refractivity contribution in [2.45, 2.75) is 56.3 Å². The van der Waals surface area contributed by atoms with Crippen molar-refractivity contribution in [1.29, 1.82) is 0 Å². The number of carbonyl (C=O) groups excluding carboxylic acids is 2. The molecule has 1 fully saturated rings. The van der Waals surface area contributed by atoms with Crippen LogP contribution < -0.4 is 10.2 Å². The maximum absolute atomic E-state index is 14.3. The predicted octanol–water partition coefficient (Wildman–Crippen LogP) is 4.07. The van der Waals surface area contributed by atoms with Gasteiger partial charge in [-0.3, -0.25) is 14.4 Å². The van der Waals surface area contributed by atoms with E-state index in [0.29, 0.717) is 29.0 Å². The zero-order chi connectivity index (χ0) is 30.9. The average Bonchev–Trinajstić information content (AvgIpc) is 3.42. The lowest BCUT2D eigenvalue weighted by Gasteiger charge is -2.49. The maximum Gasteiger partial charge on any atom is 0.357 e. The number of halogens is 2. The molecule has 1 saturated carbocycles. The van der Waals surface area contributed by atoms with E-state index in [2.05, 4.69) is 15.2 Å². The van der Waals surface area contributed by atoms with Crippen LogP contribution in [-0.2, 0) is 26.3 Å². The normalized spacial score (nSPS) is 22.2. The first-order valence-electron chi connectivity index (χ1n) is 13.4. The Balaban J connectivity index is 1.57. The SMILES string of the molecule is CS(=O)(=O)N[C@H]1CCCC[C@@H]1N1C(=O)c2ccccc2[C@@H](C(=O)NOCc2nc(C(=O)O)co2)[C@@H]1c1ccc(Cl)cc1Cl. The number of nitrogens with one attached hydrogen (secondary N) is 2. The van der Waals surface area contributed by atoms with Crippen molar-refractivity contribution >= 4 is 51.0 Å². The molecule has 0 unspecified atom stereocenters. The third-order valence-electron chi connectivity index (χ3n) is 7.53. The topological polar surface area (TPSA) is 168 Å². The van der Waals surface area contributed by atoms with Crippen molar-refractivity contribution in [1.82, 2.24) is 20.1 Å². The van der Waals surface area contributed by atoms with Crippen LogP contribution in [0.25, 0.3) is 0 Å². The van der Waals surface area contributed by atoms with Crippen LogP contribution in [0.2, 0.25) is 10.0 Å². The lowest BCUT2D eigenvalue weighted by molar-refractivity contribution is -0.138. The van der Waals surface area contributed by atoms with E-state index >= 15 is 0 Å². The molecule has 1 aromatic heterocycles. The number of hydroxylamine groups is 1. The molecule has 0 radical (unpaired) electrons. The second kappa shape index (κ2) is 12.6. The van der Waals surface area contributed by atoms with Gasteiger partial charge in [0.2, 0.25) is 15.9 Å². The van der Waals surface area contributed by atoms with Crippen LogP contribution in [0.5, 0.6) is 0 Å². The third kappa shape index (κ3) is 6.70. The van der Waals surface area contributed by atoms with Gasteiger partial charge in [0.05, 0.1) is 18.2 Å². The highest BCUT2D eigenvalue weighted by atomic mass is 35.5. The number of aromatic nitrogens is 1. The molecule has 2 heterocycles. The summed E-state index contributed by atoms with van der Waals surface area (Å²) in [5.74, 6) is -3.41. The molecule has 4 atom stereocenters. The van der Waals surface area contributed by atoms with Gasteiger partial charge in [-0.2, -0.15) is 0 Å². The summed E-state index contributed by atoms with van der Waals surface area (Å²) in [5, 5.41) is 9.64. The number of hydrogen-bond acceptors (Lipinski definition) is 8. The molecule has 0 bridgehead atoms. The minimum Gasteiger partial charge on any atom is -0.476 e. The van der Waals surface area contributed by atoms with Crippen LogP contribution in [0, 0.1) is 0 Å². The predicted molar refractivity (Wildman–Crippen MR) is 155 cm³/mol. The number of rotatable bonds is 9. The van der Waals surface area contributed by atoms with Crippen LogP contribution in [0.1, 0.15) is 75.5 Å². The second-order valence-corrected chi connectivity index (χ2v) is 13.0. The summed E-state index contributed by atoms with van der Waals surface area (Å²) in [6, 6.07) is 9.29. The summed E-state index contributed by atoms with van der Waals surface area (Å²) < 4.78 is 32.4. The van der Waals surface area contributed by atoms with Crippen molar-refractivity contribution in [3.63, 3.8) is 0 Å². The number of oxazole rings is 1. The molecule has 12 nitrogen and oxygen atoms in total. The molecule has 2 aliphatic rings. The molecular weight excluding hydrogens is 623 g/mol. The van der Waals surface area contributed by atoms with Gasteiger partial charge < -0.3 is 14.4 Å². The molecule has 0 spiro atoms. The molecule has 5 rings (SSSR count). The number of carbonyl (C=O) groups is 3. The second-order valence-electron chi connectivity index (χ2n) is 10.4. The number of benzene rings is 2. The van der Waals surface area contributed by atoms with Gasteiger partial charge in [-0.15, -0.1) is 0 Å². The van der Waals surface area contributed by atoms with E-state index in [1.165, 1.54) is 6.07 Å². The van der Waals surface area contributed by atoms with Crippen molar-refractivity contribution in [3.8, 4) is 0 Å². The van der Waals surface area contributed by atoms with Gasteiger partial charge >= 0.3 is 5.97 Å². The molecule has 3 N–H and O–H groups in total. The smallest absolute Gasteiger partial charge is 0.357 e. The van der Waals surface area contributed by atoms with Crippen molar-refractivity contribution in [2.75, 3.05) is 6.26 Å². The van der Waals surface area contributed by atoms with E-state index in [9.17, 15) is 22.8 Å². The summed E-state index contributed by atoms with van der Waals surface area (Å²) in [4.78, 5) is 50.1. The zero-order valence-electron chi connectivity index (χ0n) is 22.8. The van der Waals surface area contributed by atoms with Crippen LogP contribution in [0.4, 0.5) is 0 Å². The molecule has 2 aromatic carbocycles. The fourth-order valence-corrected chi connectivity index (χ4v) is 7.18. The van der Waals surface area contributed by atoms with Crippen LogP contribution in [0.15, 0.2) is 53.1 Å². The van der Waals surface area contributed by atoms with Gasteiger partial charge in [0.15, 0.2) is 12.3 Å². The monoisotopic (exact) mass is 650 g/mol. The Bertz CT molecular complexity index is 1660. The minimum atomic E-state index is -3.62. The van der Waals surface area contributed by atoms with Crippen LogP contribution >= 0.6 is 23.2 Å². The molecule has 1 aliphatic heterocycles. The lowest BCUT2D eigenvalue weighted by atomic mass is 9.76. The summed E-state index contributed by atoms with van der Waals surface area (Å²) in [5.41, 5.74) is 3.23. The molecule has 228 valence electrons. The van der Waals surface area contributed by atoms with E-state index in [-0.39, 0.29) is 34.7 Å². The number of sulfonamides is 1. The first kappa shape index (κ1) is 31.0. The lowest BCUT2D eigenvalue weighted by Crippen LogP contribution is -2.59. The Kier molecular flexibility index (Phi) is 9.09. The van der Waals surface area contributed by atoms with Gasteiger partial charge in [0.25, 0.3) is 11.8 Å². The van der Waals surface area contributed by atoms with Gasteiger partial charge in [-0.1, -0.05) is 60.3 Å². The first-order chi connectivity index (χ1) is 20.4. The molecule has 43 heavy (non-hydrogen) atoms. The molecule has 0 saturated heterocycles. The number of aromatic carboxylic acids is 1. The van der Waals surface area contributed by atoms with Crippen LogP contribution in [-0.4, -0.2) is 59.5 Å². The van der Waals surface area contributed by atoms with E-state index < -0.39 is 45.9 Å². The van der Waals surface area contributed by atoms with Gasteiger partial charge in [0.1, 0.15) is 6.26 Å². The standard InChI is InChI=1S/C28H28Cl2N4O8S/c1-43(39,40)33-20-8-4-5-9-22(20)34-25(18-11-10-15(29)12-19(18)30)24(16-6-2-3-7-17(16)27(34)36)26(35)32-42-14-23-31-21(13-41-23)28(37)38/h2-3,6-7,10-13,20,22,24-25,33H,4-5,8-9,14H2,1H3,(H,32,35)(H,37,38)/t20-,22-,24+,25-/m0/s1. The summed E-state index contributed by atoms with van der Waals surface area (Å²) in [6.07, 6.45) is 4.51. The number of carboxylic acids is 1. The summed E-state index contributed by atoms with van der Waals surface area (Å²) in [6.45, 7) is -0.370. The highest BCUT2D eigenvalue weighted by Crippen LogP contribution is 2.47. The van der Waals surface area contributed by atoms with Crippen molar-refractivity contribution < 1.29 is 37.2 Å². The van der Waals surface area contributed by atoms with Crippen molar-refractivity contribution in [3.05, 3.63) is 87.0 Å². The van der Waals surface area contributed by atoms with Crippen molar-refractivity contribution in [2.24, 2.45) is 0 Å². The van der Waals surface area contributed by atoms with E-state index in [4.69, 9.17) is 37.6 Å². The third-order valence-corrected chi connectivity index (χ3v) is 8.82. The Labute approximate surface area is 257 Å². The van der Waals surface area contributed by atoms with E-state index in [1.54, 1.807) is 41.3 Å². The Morgan fingerprint density at radius 2 is 1.88 bits per heavy atom. The van der Waals surface area contributed by atoms with Gasteiger partial charge in [0, 0.05) is 27.7 Å². The fraction of sp³-hybridized carbons (Fsp3) is 0.357. The quantitative estimate of drug-likeness (QED) is 0.289. The van der Waals surface area contributed by atoms with Gasteiger partial charge in [-0.05, 0) is 42.2 Å². The number of amides is 2. The largest absolute Gasteiger partial charge is 0.476 e. The maximum atomic E-state index is 14.3. The molecule has 2 amide bonds. The molecule has 1 aliphatic carbocycles. The number of nitrogens with zero attached hydrogens (tertiary/aromatic N) is 2. The fourth-order valence-electron chi connectivity index (χ4n) is 5.84. The Hall–Kier alpha value is -3.49. The molecule has 15 heteroatoms. The molecule has 3 aromatic rings. The number of hydrogen-bond donors (Lipinski definition) is 3. The van der Waals surface area contributed by atoms with Crippen LogP contribution in [0.3, 0.4) is 0 Å². The molecular formula is C28H28Cl2N4O8S. The zero-order valence-corrected chi connectivity index (χ0v) is 25.2. The first-order valence-corrected chi connectivity index (χ1v) is 16.0. The van der Waals surface area contributed by atoms with E-state index in [0.717, 1.165) is 25.4 Å². The summed E-state index contributed by atoms with van der Waals surface area (Å²) in [7, 11) is -3.62. The highest BCUT2D eigenvalue weighted by molar-refractivity contribution is 7.88. The minimum absolute atomic E-state index is 0.0762. The van der Waals surface area contributed by atoms with Gasteiger partial charge in [-0.25, -0.2) is 28.4 Å². The average molecular weight is 652 g/mol. The van der Waals surface area contributed by atoms with E-state index in [1.807, 2.05) is 0 Å². The Morgan fingerprint density at radius 1 is 1.14 bits per heavy atom. The summed E-state index contributed by atoms with van der Waals surface area (Å²) >= 11 is 12.9. The number of carboxylic acid groups (broad SMARTS) is 1. The highest BCUT2D eigenvalue weighted by Gasteiger charge is 2.49.